The number of benzene rings is 1. The van der Waals surface area contributed by atoms with Gasteiger partial charge in [0.2, 0.25) is 5.91 Å². The van der Waals surface area contributed by atoms with Crippen LogP contribution in [0, 0.1) is 19.8 Å². The van der Waals surface area contributed by atoms with Gasteiger partial charge < -0.3 is 10.4 Å². The van der Waals surface area contributed by atoms with Crippen molar-refractivity contribution in [1.29, 1.82) is 0 Å². The highest BCUT2D eigenvalue weighted by atomic mass is 32.2. The van der Waals surface area contributed by atoms with Crippen molar-refractivity contribution in [3.63, 3.8) is 0 Å². The Morgan fingerprint density at radius 1 is 1.25 bits per heavy atom. The molecule has 0 saturated carbocycles. The van der Waals surface area contributed by atoms with E-state index in [4.69, 9.17) is 5.11 Å². The Balaban J connectivity index is 2.62. The molecule has 0 aliphatic carbocycles. The lowest BCUT2D eigenvalue weighted by atomic mass is 10.1. The SMILES string of the molecule is Cc1cccc(C)c1NC(=O)CSC(C(=O)O)C(C)C. The molecule has 0 spiro atoms. The fourth-order valence-electron chi connectivity index (χ4n) is 1.90. The van der Waals surface area contributed by atoms with E-state index in [0.29, 0.717) is 0 Å². The third kappa shape index (κ3) is 4.56. The molecule has 0 fully saturated rings. The highest BCUT2D eigenvalue weighted by Crippen LogP contribution is 2.22. The number of rotatable bonds is 6. The van der Waals surface area contributed by atoms with Gasteiger partial charge in [-0.25, -0.2) is 0 Å². The van der Waals surface area contributed by atoms with Gasteiger partial charge in [0.05, 0.1) is 5.75 Å². The Hall–Kier alpha value is -1.49. The first-order valence-electron chi connectivity index (χ1n) is 6.53. The van der Waals surface area contributed by atoms with Crippen LogP contribution in [0.1, 0.15) is 25.0 Å². The second-order valence-electron chi connectivity index (χ2n) is 5.13. The molecule has 1 rings (SSSR count). The van der Waals surface area contributed by atoms with Gasteiger partial charge >= 0.3 is 5.97 Å². The zero-order chi connectivity index (χ0) is 15.3. The molecule has 110 valence electrons. The fourth-order valence-corrected chi connectivity index (χ4v) is 2.83. The van der Waals surface area contributed by atoms with Gasteiger partial charge in [-0.2, -0.15) is 0 Å². The van der Waals surface area contributed by atoms with Crippen molar-refractivity contribution in [3.8, 4) is 0 Å². The number of carbonyl (C=O) groups excluding carboxylic acids is 1. The van der Waals surface area contributed by atoms with Crippen LogP contribution in [0.15, 0.2) is 18.2 Å². The highest BCUT2D eigenvalue weighted by Gasteiger charge is 2.23. The molecular weight excluding hydrogens is 274 g/mol. The molecule has 4 nitrogen and oxygen atoms in total. The molecule has 1 amide bonds. The number of hydrogen-bond donors (Lipinski definition) is 2. The van der Waals surface area contributed by atoms with Gasteiger partial charge in [0.15, 0.2) is 0 Å². The van der Waals surface area contributed by atoms with Crippen molar-refractivity contribution in [3.05, 3.63) is 29.3 Å². The summed E-state index contributed by atoms with van der Waals surface area (Å²) in [5.74, 6) is -0.905. The van der Waals surface area contributed by atoms with Gasteiger partial charge in [-0.3, -0.25) is 9.59 Å². The molecule has 0 radical (unpaired) electrons. The summed E-state index contributed by atoms with van der Waals surface area (Å²) >= 11 is 1.17. The molecule has 1 atom stereocenters. The number of carboxylic acids is 1. The van der Waals surface area contributed by atoms with E-state index in [2.05, 4.69) is 5.32 Å². The Labute approximate surface area is 124 Å². The number of hydrogen-bond acceptors (Lipinski definition) is 3. The van der Waals surface area contributed by atoms with Crippen LogP contribution in [-0.4, -0.2) is 28.0 Å². The Morgan fingerprint density at radius 2 is 1.80 bits per heavy atom. The minimum Gasteiger partial charge on any atom is -0.480 e. The first-order valence-corrected chi connectivity index (χ1v) is 7.58. The minimum atomic E-state index is -0.870. The van der Waals surface area contributed by atoms with Crippen LogP contribution in [0.4, 0.5) is 5.69 Å². The highest BCUT2D eigenvalue weighted by molar-refractivity contribution is 8.01. The Morgan fingerprint density at radius 3 is 2.25 bits per heavy atom. The molecule has 0 aliphatic rings. The maximum Gasteiger partial charge on any atom is 0.316 e. The molecule has 1 aromatic rings. The van der Waals surface area contributed by atoms with Crippen molar-refractivity contribution in [2.45, 2.75) is 32.9 Å². The minimum absolute atomic E-state index is 0.00880. The van der Waals surface area contributed by atoms with Crippen LogP contribution in [-0.2, 0) is 9.59 Å². The number of anilines is 1. The molecule has 0 aromatic heterocycles. The molecule has 0 heterocycles. The second kappa shape index (κ2) is 7.33. The summed E-state index contributed by atoms with van der Waals surface area (Å²) in [6.45, 7) is 7.55. The van der Waals surface area contributed by atoms with E-state index in [0.717, 1.165) is 16.8 Å². The van der Waals surface area contributed by atoms with Crippen molar-refractivity contribution in [2.75, 3.05) is 11.1 Å². The zero-order valence-corrected chi connectivity index (χ0v) is 13.1. The van der Waals surface area contributed by atoms with Crippen molar-refractivity contribution in [1.82, 2.24) is 0 Å². The van der Waals surface area contributed by atoms with Gasteiger partial charge in [-0.1, -0.05) is 32.0 Å². The summed E-state index contributed by atoms with van der Waals surface area (Å²) in [4.78, 5) is 23.0. The van der Waals surface area contributed by atoms with E-state index in [1.165, 1.54) is 11.8 Å². The number of carboxylic acid groups (broad SMARTS) is 1. The molecule has 0 aliphatic heterocycles. The predicted octanol–water partition coefficient (Wildman–Crippen LogP) is 3.08. The lowest BCUT2D eigenvalue weighted by Crippen LogP contribution is -2.26. The van der Waals surface area contributed by atoms with E-state index in [1.54, 1.807) is 0 Å². The number of aryl methyl sites for hydroxylation is 2. The molecular formula is C15H21NO3S. The van der Waals surface area contributed by atoms with Crippen molar-refractivity contribution in [2.24, 2.45) is 5.92 Å². The molecule has 0 saturated heterocycles. The van der Waals surface area contributed by atoms with Crippen LogP contribution in [0.3, 0.4) is 0 Å². The number of nitrogens with one attached hydrogen (secondary N) is 1. The van der Waals surface area contributed by atoms with Gasteiger partial charge in [0.1, 0.15) is 5.25 Å². The Kier molecular flexibility index (Phi) is 6.07. The summed E-state index contributed by atoms with van der Waals surface area (Å²) in [6.07, 6.45) is 0. The molecule has 0 bridgehead atoms. The fraction of sp³-hybridized carbons (Fsp3) is 0.467. The van der Waals surface area contributed by atoms with Crippen LogP contribution in [0.25, 0.3) is 0 Å². The van der Waals surface area contributed by atoms with E-state index in [-0.39, 0.29) is 17.6 Å². The summed E-state index contributed by atoms with van der Waals surface area (Å²) in [7, 11) is 0. The average molecular weight is 295 g/mol. The van der Waals surface area contributed by atoms with E-state index >= 15 is 0 Å². The largest absolute Gasteiger partial charge is 0.480 e. The van der Waals surface area contributed by atoms with Crippen LogP contribution in [0.5, 0.6) is 0 Å². The molecule has 1 unspecified atom stereocenters. The number of carbonyl (C=O) groups is 2. The molecule has 5 heteroatoms. The Bertz CT molecular complexity index is 480. The van der Waals surface area contributed by atoms with Gasteiger partial charge in [-0.15, -0.1) is 11.8 Å². The third-order valence-electron chi connectivity index (χ3n) is 2.99. The summed E-state index contributed by atoms with van der Waals surface area (Å²) in [5.41, 5.74) is 2.82. The lowest BCUT2D eigenvalue weighted by Gasteiger charge is -2.16. The monoisotopic (exact) mass is 295 g/mol. The first-order chi connectivity index (χ1) is 9.32. The van der Waals surface area contributed by atoms with Crippen LogP contribution < -0.4 is 5.32 Å². The van der Waals surface area contributed by atoms with Gasteiger partial charge in [0, 0.05) is 5.69 Å². The van der Waals surface area contributed by atoms with E-state index in [9.17, 15) is 9.59 Å². The predicted molar refractivity (Wildman–Crippen MR) is 83.3 cm³/mol. The quantitative estimate of drug-likeness (QED) is 0.846. The molecule has 20 heavy (non-hydrogen) atoms. The maximum atomic E-state index is 11.9. The van der Waals surface area contributed by atoms with Crippen LogP contribution in [0.2, 0.25) is 0 Å². The van der Waals surface area contributed by atoms with Crippen molar-refractivity contribution < 1.29 is 14.7 Å². The van der Waals surface area contributed by atoms with Gasteiger partial charge in [-0.05, 0) is 30.9 Å². The number of aliphatic carboxylic acids is 1. The van der Waals surface area contributed by atoms with E-state index in [1.807, 2.05) is 45.9 Å². The van der Waals surface area contributed by atoms with E-state index < -0.39 is 11.2 Å². The van der Waals surface area contributed by atoms with Gasteiger partial charge in [0.25, 0.3) is 0 Å². The maximum absolute atomic E-state index is 11.9. The second-order valence-corrected chi connectivity index (χ2v) is 6.26. The molecule has 2 N–H and O–H groups in total. The smallest absolute Gasteiger partial charge is 0.316 e. The zero-order valence-electron chi connectivity index (χ0n) is 12.3. The van der Waals surface area contributed by atoms with Crippen molar-refractivity contribution >= 4 is 29.3 Å². The summed E-state index contributed by atoms with van der Waals surface area (Å²) < 4.78 is 0. The number of thioether (sulfide) groups is 1. The number of amides is 1. The topological polar surface area (TPSA) is 66.4 Å². The third-order valence-corrected chi connectivity index (χ3v) is 4.52. The molecule has 1 aromatic carbocycles. The standard InChI is InChI=1S/C15H21NO3S/c1-9(2)14(15(18)19)20-8-12(17)16-13-10(3)6-5-7-11(13)4/h5-7,9,14H,8H2,1-4H3,(H,16,17)(H,18,19). The summed E-state index contributed by atoms with van der Waals surface area (Å²) in [6, 6.07) is 5.81. The number of para-hydroxylation sites is 1. The normalized spacial score (nSPS) is 12.2. The average Bonchev–Trinajstić information content (AvgIpc) is 2.33. The van der Waals surface area contributed by atoms with Crippen LogP contribution >= 0.6 is 11.8 Å². The first kappa shape index (κ1) is 16.6. The lowest BCUT2D eigenvalue weighted by molar-refractivity contribution is -0.137. The summed E-state index contributed by atoms with van der Waals surface area (Å²) in [5, 5.41) is 11.4.